The Balaban J connectivity index is 2.54. The van der Waals surface area contributed by atoms with Crippen molar-refractivity contribution in [1.82, 2.24) is 4.90 Å². The molecule has 0 spiro atoms. The average molecular weight is 231 g/mol. The van der Waals surface area contributed by atoms with Crippen LogP contribution in [0.2, 0.25) is 0 Å². The van der Waals surface area contributed by atoms with Crippen LogP contribution in [0, 0.1) is 5.92 Å². The minimum absolute atomic E-state index is 0.00977. The van der Waals surface area contributed by atoms with Crippen molar-refractivity contribution in [2.45, 2.75) is 25.8 Å². The first-order valence-corrected chi connectivity index (χ1v) is 6.26. The van der Waals surface area contributed by atoms with Gasteiger partial charge in [0, 0.05) is 18.7 Å². The molecule has 15 heavy (non-hydrogen) atoms. The Bertz CT molecular complexity index is 251. The first-order valence-electron chi connectivity index (χ1n) is 5.11. The number of thioether (sulfide) groups is 1. The zero-order valence-corrected chi connectivity index (χ0v) is 9.92. The molecule has 1 aliphatic heterocycles. The summed E-state index contributed by atoms with van der Waals surface area (Å²) in [6, 6.07) is -0.732. The van der Waals surface area contributed by atoms with Gasteiger partial charge >= 0.3 is 5.97 Å². The lowest BCUT2D eigenvalue weighted by molar-refractivity contribution is -0.149. The van der Waals surface area contributed by atoms with Gasteiger partial charge in [-0.3, -0.25) is 4.79 Å². The Hall–Kier alpha value is -0.710. The van der Waals surface area contributed by atoms with Gasteiger partial charge in [0.2, 0.25) is 5.91 Å². The molecule has 0 aliphatic carbocycles. The number of hydrogen-bond donors (Lipinski definition) is 1. The number of hydrogen-bond acceptors (Lipinski definition) is 3. The molecule has 1 amide bonds. The van der Waals surface area contributed by atoms with E-state index in [4.69, 9.17) is 5.11 Å². The quantitative estimate of drug-likeness (QED) is 0.789. The van der Waals surface area contributed by atoms with Crippen LogP contribution in [-0.2, 0) is 9.59 Å². The smallest absolute Gasteiger partial charge is 0.326 e. The van der Waals surface area contributed by atoms with E-state index in [0.29, 0.717) is 0 Å². The Morgan fingerprint density at radius 2 is 2.20 bits per heavy atom. The minimum atomic E-state index is -0.950. The molecule has 0 aromatic carbocycles. The maximum atomic E-state index is 11.9. The van der Waals surface area contributed by atoms with E-state index < -0.39 is 12.0 Å². The molecule has 2 unspecified atom stereocenters. The number of carbonyl (C=O) groups is 2. The SMILES string of the molecule is CC(C(=O)O)N(C)C(=O)C1CCCSC1. The fourth-order valence-electron chi connectivity index (χ4n) is 1.58. The summed E-state index contributed by atoms with van der Waals surface area (Å²) in [5.41, 5.74) is 0. The van der Waals surface area contributed by atoms with Crippen LogP contribution in [0.1, 0.15) is 19.8 Å². The second-order valence-electron chi connectivity index (χ2n) is 3.88. The Kier molecular flexibility index (Phi) is 4.45. The van der Waals surface area contributed by atoms with Crippen LogP contribution >= 0.6 is 11.8 Å². The maximum Gasteiger partial charge on any atom is 0.326 e. The van der Waals surface area contributed by atoms with Crippen LogP contribution < -0.4 is 0 Å². The summed E-state index contributed by atoms with van der Waals surface area (Å²) in [7, 11) is 1.57. The molecule has 1 N–H and O–H groups in total. The molecule has 4 nitrogen and oxygen atoms in total. The zero-order valence-electron chi connectivity index (χ0n) is 9.10. The van der Waals surface area contributed by atoms with Gasteiger partial charge in [-0.1, -0.05) is 0 Å². The van der Waals surface area contributed by atoms with Gasteiger partial charge in [-0.2, -0.15) is 11.8 Å². The van der Waals surface area contributed by atoms with E-state index in [9.17, 15) is 9.59 Å². The third-order valence-corrected chi connectivity index (χ3v) is 4.01. The fraction of sp³-hybridized carbons (Fsp3) is 0.800. The largest absolute Gasteiger partial charge is 0.480 e. The van der Waals surface area contributed by atoms with Crippen molar-refractivity contribution in [3.63, 3.8) is 0 Å². The van der Waals surface area contributed by atoms with Crippen molar-refractivity contribution in [3.05, 3.63) is 0 Å². The number of carboxylic acids is 1. The van der Waals surface area contributed by atoms with E-state index in [0.717, 1.165) is 24.3 Å². The number of nitrogens with zero attached hydrogens (tertiary/aromatic N) is 1. The lowest BCUT2D eigenvalue weighted by atomic mass is 10.0. The lowest BCUT2D eigenvalue weighted by Crippen LogP contribution is -2.44. The van der Waals surface area contributed by atoms with Crippen molar-refractivity contribution in [2.24, 2.45) is 5.92 Å². The highest BCUT2D eigenvalue weighted by atomic mass is 32.2. The van der Waals surface area contributed by atoms with E-state index >= 15 is 0 Å². The molecule has 0 aromatic heterocycles. The van der Waals surface area contributed by atoms with Crippen LogP contribution in [0.5, 0.6) is 0 Å². The highest BCUT2D eigenvalue weighted by molar-refractivity contribution is 7.99. The standard InChI is InChI=1S/C10H17NO3S/c1-7(10(13)14)11(2)9(12)8-4-3-5-15-6-8/h7-8H,3-6H2,1-2H3,(H,13,14). The lowest BCUT2D eigenvalue weighted by Gasteiger charge is -2.28. The van der Waals surface area contributed by atoms with E-state index in [1.54, 1.807) is 18.8 Å². The number of aliphatic carboxylic acids is 1. The second kappa shape index (κ2) is 5.39. The summed E-state index contributed by atoms with van der Waals surface area (Å²) in [6.45, 7) is 1.54. The molecule has 0 radical (unpaired) electrons. The van der Waals surface area contributed by atoms with Crippen molar-refractivity contribution in [1.29, 1.82) is 0 Å². The molecule has 1 fully saturated rings. The molecule has 2 atom stereocenters. The fourth-order valence-corrected chi connectivity index (χ4v) is 2.71. The Morgan fingerprint density at radius 3 is 2.67 bits per heavy atom. The van der Waals surface area contributed by atoms with Gasteiger partial charge in [-0.15, -0.1) is 0 Å². The molecule has 86 valence electrons. The number of amides is 1. The van der Waals surface area contributed by atoms with Crippen molar-refractivity contribution in [2.75, 3.05) is 18.6 Å². The van der Waals surface area contributed by atoms with Crippen LogP contribution in [0.3, 0.4) is 0 Å². The predicted octanol–water partition coefficient (Wildman–Crippen LogP) is 1.06. The van der Waals surface area contributed by atoms with Gasteiger partial charge in [0.15, 0.2) is 0 Å². The summed E-state index contributed by atoms with van der Waals surface area (Å²) >= 11 is 1.77. The third-order valence-electron chi connectivity index (χ3n) is 2.80. The average Bonchev–Trinajstić information content (AvgIpc) is 2.27. The van der Waals surface area contributed by atoms with Gasteiger partial charge in [0.25, 0.3) is 0 Å². The first kappa shape index (κ1) is 12.4. The molecular weight excluding hydrogens is 214 g/mol. The topological polar surface area (TPSA) is 57.6 Å². The zero-order chi connectivity index (χ0) is 11.4. The van der Waals surface area contributed by atoms with E-state index in [2.05, 4.69) is 0 Å². The Morgan fingerprint density at radius 1 is 1.53 bits per heavy atom. The number of carboxylic acid groups (broad SMARTS) is 1. The van der Waals surface area contributed by atoms with E-state index in [1.807, 2.05) is 0 Å². The van der Waals surface area contributed by atoms with E-state index in [1.165, 1.54) is 11.8 Å². The predicted molar refractivity (Wildman–Crippen MR) is 59.9 cm³/mol. The number of rotatable bonds is 3. The second-order valence-corrected chi connectivity index (χ2v) is 5.03. The molecular formula is C10H17NO3S. The summed E-state index contributed by atoms with van der Waals surface area (Å²) in [5, 5.41) is 8.80. The van der Waals surface area contributed by atoms with Gasteiger partial charge in [0.05, 0.1) is 0 Å². The molecule has 0 aromatic rings. The molecule has 5 heteroatoms. The van der Waals surface area contributed by atoms with Gasteiger partial charge in [0.1, 0.15) is 6.04 Å². The van der Waals surface area contributed by atoms with Gasteiger partial charge in [-0.05, 0) is 25.5 Å². The van der Waals surface area contributed by atoms with Crippen LogP contribution in [0.15, 0.2) is 0 Å². The van der Waals surface area contributed by atoms with Crippen LogP contribution in [-0.4, -0.2) is 46.5 Å². The van der Waals surface area contributed by atoms with Crippen LogP contribution in [0.25, 0.3) is 0 Å². The number of likely N-dealkylation sites (N-methyl/N-ethyl adjacent to an activating group) is 1. The van der Waals surface area contributed by atoms with Crippen molar-refractivity contribution in [3.8, 4) is 0 Å². The molecule has 1 saturated heterocycles. The maximum absolute atomic E-state index is 11.9. The molecule has 1 heterocycles. The Labute approximate surface area is 94.0 Å². The van der Waals surface area contributed by atoms with Crippen molar-refractivity contribution >= 4 is 23.6 Å². The minimum Gasteiger partial charge on any atom is -0.480 e. The van der Waals surface area contributed by atoms with Crippen LogP contribution in [0.4, 0.5) is 0 Å². The molecule has 0 bridgehead atoms. The van der Waals surface area contributed by atoms with E-state index in [-0.39, 0.29) is 11.8 Å². The molecule has 1 rings (SSSR count). The van der Waals surface area contributed by atoms with Crippen molar-refractivity contribution < 1.29 is 14.7 Å². The summed E-state index contributed by atoms with van der Waals surface area (Å²) in [6.07, 6.45) is 1.94. The number of carbonyl (C=O) groups excluding carboxylic acids is 1. The highest BCUT2D eigenvalue weighted by Crippen LogP contribution is 2.24. The molecule has 1 aliphatic rings. The summed E-state index contributed by atoms with van der Waals surface area (Å²) in [4.78, 5) is 24.0. The molecule has 0 saturated carbocycles. The summed E-state index contributed by atoms with van der Waals surface area (Å²) < 4.78 is 0. The first-order chi connectivity index (χ1) is 7.04. The third kappa shape index (κ3) is 3.12. The van der Waals surface area contributed by atoms with Gasteiger partial charge < -0.3 is 10.0 Å². The normalized spacial score (nSPS) is 23.2. The highest BCUT2D eigenvalue weighted by Gasteiger charge is 2.29. The summed E-state index contributed by atoms with van der Waals surface area (Å²) in [5.74, 6) is 0.972. The monoisotopic (exact) mass is 231 g/mol. The van der Waals surface area contributed by atoms with Gasteiger partial charge in [-0.25, -0.2) is 4.79 Å².